The SMILES string of the molecule is CCCc1nc(C)c2c(=O)[nH]c(-c3cc(S(=O)(=O)Nc4ccc(OC)c(OCC5CC5)c4)ccc3OCC)nn12. The fourth-order valence-corrected chi connectivity index (χ4v) is 5.52. The Labute approximate surface area is 232 Å². The van der Waals surface area contributed by atoms with E-state index in [1.165, 1.54) is 23.8 Å². The molecule has 2 N–H and O–H groups in total. The minimum Gasteiger partial charge on any atom is -0.493 e. The molecule has 2 aromatic carbocycles. The number of nitrogens with zero attached hydrogens (tertiary/aromatic N) is 3. The summed E-state index contributed by atoms with van der Waals surface area (Å²) in [5.41, 5.74) is 1.22. The highest BCUT2D eigenvalue weighted by Crippen LogP contribution is 2.36. The van der Waals surface area contributed by atoms with Gasteiger partial charge in [-0.3, -0.25) is 9.52 Å². The molecule has 1 aliphatic rings. The molecule has 2 aromatic heterocycles. The van der Waals surface area contributed by atoms with E-state index in [0.29, 0.717) is 71.1 Å². The Bertz CT molecular complexity index is 1710. The number of fused-ring (bicyclic) bond motifs is 1. The van der Waals surface area contributed by atoms with Gasteiger partial charge < -0.3 is 19.2 Å². The zero-order valence-corrected chi connectivity index (χ0v) is 23.8. The lowest BCUT2D eigenvalue weighted by Crippen LogP contribution is -2.17. The monoisotopic (exact) mass is 567 g/mol. The number of benzene rings is 2. The smallest absolute Gasteiger partial charge is 0.277 e. The van der Waals surface area contributed by atoms with Crippen LogP contribution in [-0.4, -0.2) is 48.3 Å². The third-order valence-electron chi connectivity index (χ3n) is 6.62. The predicted molar refractivity (Wildman–Crippen MR) is 151 cm³/mol. The second kappa shape index (κ2) is 11.2. The number of aromatic amines is 1. The number of imidazole rings is 1. The van der Waals surface area contributed by atoms with Crippen molar-refractivity contribution in [2.75, 3.05) is 25.0 Å². The molecule has 11 nitrogen and oxygen atoms in total. The van der Waals surface area contributed by atoms with Gasteiger partial charge in [-0.2, -0.15) is 0 Å². The van der Waals surface area contributed by atoms with Crippen LogP contribution in [0.4, 0.5) is 5.69 Å². The number of ether oxygens (including phenoxy) is 3. The van der Waals surface area contributed by atoms with E-state index in [1.54, 1.807) is 31.2 Å². The highest BCUT2D eigenvalue weighted by Gasteiger charge is 2.24. The second-order valence-corrected chi connectivity index (χ2v) is 11.4. The summed E-state index contributed by atoms with van der Waals surface area (Å²) in [7, 11) is -2.50. The number of aryl methyl sites for hydroxylation is 2. The van der Waals surface area contributed by atoms with Crippen LogP contribution in [-0.2, 0) is 16.4 Å². The Kier molecular flexibility index (Phi) is 7.70. The van der Waals surface area contributed by atoms with Crippen LogP contribution >= 0.6 is 0 Å². The van der Waals surface area contributed by atoms with Gasteiger partial charge in [0.05, 0.1) is 42.2 Å². The molecule has 212 valence electrons. The van der Waals surface area contributed by atoms with Crippen molar-refractivity contribution in [1.82, 2.24) is 19.6 Å². The first-order chi connectivity index (χ1) is 19.2. The molecule has 0 amide bonds. The molecule has 0 saturated heterocycles. The lowest BCUT2D eigenvalue weighted by Gasteiger charge is -2.15. The molecule has 2 heterocycles. The van der Waals surface area contributed by atoms with E-state index in [-0.39, 0.29) is 16.3 Å². The summed E-state index contributed by atoms with van der Waals surface area (Å²) >= 11 is 0. The fraction of sp³-hybridized carbons (Fsp3) is 0.393. The van der Waals surface area contributed by atoms with Gasteiger partial charge in [0.25, 0.3) is 15.6 Å². The van der Waals surface area contributed by atoms with Gasteiger partial charge in [-0.25, -0.2) is 17.9 Å². The second-order valence-electron chi connectivity index (χ2n) is 9.74. The van der Waals surface area contributed by atoms with Crippen LogP contribution in [0.2, 0.25) is 0 Å². The summed E-state index contributed by atoms with van der Waals surface area (Å²) in [6, 6.07) is 9.33. The van der Waals surface area contributed by atoms with Gasteiger partial charge in [-0.05, 0) is 69.4 Å². The van der Waals surface area contributed by atoms with E-state index < -0.39 is 10.0 Å². The number of hydrogen-bond acceptors (Lipinski definition) is 8. The van der Waals surface area contributed by atoms with E-state index in [2.05, 4.69) is 19.8 Å². The van der Waals surface area contributed by atoms with Crippen LogP contribution in [0.25, 0.3) is 16.9 Å². The van der Waals surface area contributed by atoms with Crippen molar-refractivity contribution in [2.45, 2.75) is 51.3 Å². The lowest BCUT2D eigenvalue weighted by atomic mass is 10.2. The zero-order chi connectivity index (χ0) is 28.4. The average Bonchev–Trinajstić information content (AvgIpc) is 3.70. The van der Waals surface area contributed by atoms with Crippen LogP contribution in [0.3, 0.4) is 0 Å². The summed E-state index contributed by atoms with van der Waals surface area (Å²) in [5, 5.41) is 4.64. The number of aromatic nitrogens is 4. The number of sulfonamides is 1. The largest absolute Gasteiger partial charge is 0.493 e. The number of hydrogen-bond donors (Lipinski definition) is 2. The number of nitrogens with one attached hydrogen (secondary N) is 2. The number of methoxy groups -OCH3 is 1. The Morgan fingerprint density at radius 2 is 1.85 bits per heavy atom. The van der Waals surface area contributed by atoms with Crippen molar-refractivity contribution >= 4 is 21.2 Å². The summed E-state index contributed by atoms with van der Waals surface area (Å²) in [6.07, 6.45) is 3.71. The molecule has 1 saturated carbocycles. The quantitative estimate of drug-likeness (QED) is 0.258. The van der Waals surface area contributed by atoms with E-state index in [1.807, 2.05) is 13.8 Å². The molecule has 0 bridgehead atoms. The molecular formula is C28H33N5O6S. The third-order valence-corrected chi connectivity index (χ3v) is 8.00. The van der Waals surface area contributed by atoms with Gasteiger partial charge >= 0.3 is 0 Å². The predicted octanol–water partition coefficient (Wildman–Crippen LogP) is 4.34. The molecule has 12 heteroatoms. The van der Waals surface area contributed by atoms with Crippen LogP contribution in [0.15, 0.2) is 46.1 Å². The maximum Gasteiger partial charge on any atom is 0.277 e. The normalized spacial score (nSPS) is 13.4. The highest BCUT2D eigenvalue weighted by atomic mass is 32.2. The Balaban J connectivity index is 1.53. The molecule has 1 fully saturated rings. The molecular weight excluding hydrogens is 534 g/mol. The number of H-pyrrole nitrogens is 1. The number of rotatable bonds is 12. The maximum absolute atomic E-state index is 13.5. The van der Waals surface area contributed by atoms with Crippen molar-refractivity contribution in [1.29, 1.82) is 0 Å². The first-order valence-corrected chi connectivity index (χ1v) is 14.8. The van der Waals surface area contributed by atoms with Gasteiger partial charge in [0.15, 0.2) is 22.8 Å². The molecule has 0 aliphatic heterocycles. The lowest BCUT2D eigenvalue weighted by molar-refractivity contribution is 0.280. The molecule has 0 atom stereocenters. The van der Waals surface area contributed by atoms with E-state index in [0.717, 1.165) is 19.3 Å². The standard InChI is InChI=1S/C28H33N5O6S/c1-5-7-25-29-17(3)26-28(34)30-27(31-33(25)26)21-15-20(11-13-22(21)38-6-2)40(35,36)32-19-10-12-23(37-4)24(14-19)39-16-18-8-9-18/h10-15,18,32H,5-9,16H2,1-4H3,(H,30,31,34). The van der Waals surface area contributed by atoms with Gasteiger partial charge in [-0.15, -0.1) is 5.10 Å². The molecule has 4 aromatic rings. The van der Waals surface area contributed by atoms with Gasteiger partial charge in [0, 0.05) is 12.5 Å². The first-order valence-electron chi connectivity index (χ1n) is 13.3. The molecule has 5 rings (SSSR count). The summed E-state index contributed by atoms with van der Waals surface area (Å²) < 4.78 is 48.2. The van der Waals surface area contributed by atoms with Gasteiger partial charge in [0.1, 0.15) is 11.6 Å². The summed E-state index contributed by atoms with van der Waals surface area (Å²) in [4.78, 5) is 20.3. The Morgan fingerprint density at radius 1 is 1.07 bits per heavy atom. The molecule has 1 aliphatic carbocycles. The van der Waals surface area contributed by atoms with Crippen LogP contribution in [0.5, 0.6) is 17.2 Å². The van der Waals surface area contributed by atoms with E-state index >= 15 is 0 Å². The Morgan fingerprint density at radius 3 is 2.55 bits per heavy atom. The van der Waals surface area contributed by atoms with Gasteiger partial charge in [-0.1, -0.05) is 6.92 Å². The van der Waals surface area contributed by atoms with Crippen molar-refractivity contribution < 1.29 is 22.6 Å². The summed E-state index contributed by atoms with van der Waals surface area (Å²) in [6.45, 7) is 6.49. The molecule has 0 spiro atoms. The van der Waals surface area contributed by atoms with E-state index in [9.17, 15) is 13.2 Å². The van der Waals surface area contributed by atoms with Crippen molar-refractivity contribution in [3.05, 3.63) is 58.3 Å². The average molecular weight is 568 g/mol. The summed E-state index contributed by atoms with van der Waals surface area (Å²) in [5.74, 6) is 2.73. The van der Waals surface area contributed by atoms with Crippen molar-refractivity contribution in [3.8, 4) is 28.6 Å². The van der Waals surface area contributed by atoms with E-state index in [4.69, 9.17) is 14.2 Å². The molecule has 0 unspecified atom stereocenters. The maximum atomic E-state index is 13.5. The molecule has 0 radical (unpaired) electrons. The minimum atomic E-state index is -4.04. The van der Waals surface area contributed by atoms with Crippen LogP contribution in [0, 0.1) is 12.8 Å². The third kappa shape index (κ3) is 5.62. The van der Waals surface area contributed by atoms with Crippen molar-refractivity contribution in [3.63, 3.8) is 0 Å². The number of anilines is 1. The fourth-order valence-electron chi connectivity index (χ4n) is 4.44. The molecule has 40 heavy (non-hydrogen) atoms. The topological polar surface area (TPSA) is 137 Å². The minimum absolute atomic E-state index is 0.0273. The Hall–Kier alpha value is -4.06. The van der Waals surface area contributed by atoms with Crippen LogP contribution in [0.1, 0.15) is 44.6 Å². The van der Waals surface area contributed by atoms with Crippen LogP contribution < -0.4 is 24.5 Å². The van der Waals surface area contributed by atoms with Crippen molar-refractivity contribution in [2.24, 2.45) is 5.92 Å². The highest BCUT2D eigenvalue weighted by molar-refractivity contribution is 7.92. The van der Waals surface area contributed by atoms with Gasteiger partial charge in [0.2, 0.25) is 0 Å². The zero-order valence-electron chi connectivity index (χ0n) is 23.0. The first kappa shape index (κ1) is 27.5.